The van der Waals surface area contributed by atoms with Crippen molar-refractivity contribution in [1.29, 1.82) is 0 Å². The fraction of sp³-hybridized carbons (Fsp3) is 0.321. The Bertz CT molecular complexity index is 962. The molecule has 3 aromatic carbocycles. The number of carbonyl (C=O) groups excluding carboxylic acids is 1. The second-order valence-corrected chi connectivity index (χ2v) is 8.59. The standard InChI is InChI=1S/C28H33N3O2/c1-33-27-14-8-9-24(22-27)29-28(32)21-23-15-17-30(18-16-23)19-20-31(25-10-4-2-5-11-25)26-12-6-3-7-13-26/h2-14,22-23H,15-21H2,1H3,(H,29,32). The average molecular weight is 444 g/mol. The van der Waals surface area contributed by atoms with Gasteiger partial charge in [0.25, 0.3) is 0 Å². The first-order valence-corrected chi connectivity index (χ1v) is 11.7. The Morgan fingerprint density at radius 3 is 2.18 bits per heavy atom. The van der Waals surface area contributed by atoms with Crippen molar-refractivity contribution in [3.05, 3.63) is 84.9 Å². The van der Waals surface area contributed by atoms with E-state index in [0.717, 1.165) is 50.5 Å². The highest BCUT2D eigenvalue weighted by atomic mass is 16.5. The van der Waals surface area contributed by atoms with Gasteiger partial charge in [-0.25, -0.2) is 0 Å². The van der Waals surface area contributed by atoms with Crippen LogP contribution in [-0.4, -0.2) is 44.1 Å². The Morgan fingerprint density at radius 2 is 1.58 bits per heavy atom. The number of ether oxygens (including phenoxy) is 1. The molecule has 0 spiro atoms. The molecule has 5 nitrogen and oxygen atoms in total. The van der Waals surface area contributed by atoms with Gasteiger partial charge in [0.05, 0.1) is 7.11 Å². The predicted molar refractivity (Wildman–Crippen MR) is 135 cm³/mol. The van der Waals surface area contributed by atoms with E-state index in [0.29, 0.717) is 12.3 Å². The first-order valence-electron chi connectivity index (χ1n) is 11.7. The third-order valence-electron chi connectivity index (χ3n) is 6.31. The minimum atomic E-state index is 0.0843. The van der Waals surface area contributed by atoms with E-state index in [1.165, 1.54) is 11.4 Å². The minimum absolute atomic E-state index is 0.0843. The molecule has 1 aliphatic heterocycles. The van der Waals surface area contributed by atoms with Crippen molar-refractivity contribution < 1.29 is 9.53 Å². The number of anilines is 3. The minimum Gasteiger partial charge on any atom is -0.497 e. The quantitative estimate of drug-likeness (QED) is 0.469. The van der Waals surface area contributed by atoms with Crippen molar-refractivity contribution in [2.45, 2.75) is 19.3 Å². The molecule has 3 aromatic rings. The molecule has 1 saturated heterocycles. The van der Waals surface area contributed by atoms with Gasteiger partial charge >= 0.3 is 0 Å². The van der Waals surface area contributed by atoms with E-state index < -0.39 is 0 Å². The number of hydrogen-bond acceptors (Lipinski definition) is 4. The Balaban J connectivity index is 1.26. The lowest BCUT2D eigenvalue weighted by atomic mass is 9.93. The summed E-state index contributed by atoms with van der Waals surface area (Å²) in [6, 6.07) is 28.7. The number of benzene rings is 3. The van der Waals surface area contributed by atoms with Crippen LogP contribution in [0.25, 0.3) is 0 Å². The number of amides is 1. The summed E-state index contributed by atoms with van der Waals surface area (Å²) in [6.07, 6.45) is 2.69. The van der Waals surface area contributed by atoms with E-state index >= 15 is 0 Å². The van der Waals surface area contributed by atoms with E-state index in [4.69, 9.17) is 4.74 Å². The van der Waals surface area contributed by atoms with Crippen molar-refractivity contribution in [1.82, 2.24) is 4.90 Å². The topological polar surface area (TPSA) is 44.8 Å². The van der Waals surface area contributed by atoms with Gasteiger partial charge in [0, 0.05) is 42.6 Å². The zero-order valence-electron chi connectivity index (χ0n) is 19.3. The Kier molecular flexibility index (Phi) is 7.99. The van der Waals surface area contributed by atoms with Crippen LogP contribution in [0.5, 0.6) is 5.75 Å². The fourth-order valence-electron chi connectivity index (χ4n) is 4.45. The highest BCUT2D eigenvalue weighted by Crippen LogP contribution is 2.26. The Labute approximate surface area is 197 Å². The monoisotopic (exact) mass is 443 g/mol. The summed E-state index contributed by atoms with van der Waals surface area (Å²) in [5, 5.41) is 3.01. The molecule has 1 fully saturated rings. The maximum atomic E-state index is 12.5. The Morgan fingerprint density at radius 1 is 0.939 bits per heavy atom. The molecule has 0 unspecified atom stereocenters. The fourth-order valence-corrected chi connectivity index (χ4v) is 4.45. The van der Waals surface area contributed by atoms with Crippen LogP contribution in [0.2, 0.25) is 0 Å². The zero-order valence-corrected chi connectivity index (χ0v) is 19.3. The summed E-state index contributed by atoms with van der Waals surface area (Å²) in [7, 11) is 1.63. The van der Waals surface area contributed by atoms with Crippen LogP contribution >= 0.6 is 0 Å². The normalized spacial score (nSPS) is 14.6. The number of nitrogens with zero attached hydrogens (tertiary/aromatic N) is 2. The van der Waals surface area contributed by atoms with Crippen molar-refractivity contribution in [2.75, 3.05) is 43.5 Å². The zero-order chi connectivity index (χ0) is 22.9. The average Bonchev–Trinajstić information content (AvgIpc) is 2.86. The summed E-state index contributed by atoms with van der Waals surface area (Å²) >= 11 is 0. The van der Waals surface area contributed by atoms with Gasteiger partial charge in [-0.1, -0.05) is 42.5 Å². The lowest BCUT2D eigenvalue weighted by Gasteiger charge is -2.34. The lowest BCUT2D eigenvalue weighted by molar-refractivity contribution is -0.117. The van der Waals surface area contributed by atoms with Gasteiger partial charge in [-0.3, -0.25) is 4.79 Å². The van der Waals surface area contributed by atoms with Crippen LogP contribution < -0.4 is 15.0 Å². The lowest BCUT2D eigenvalue weighted by Crippen LogP contribution is -2.39. The Hall–Kier alpha value is -3.31. The van der Waals surface area contributed by atoms with E-state index in [-0.39, 0.29) is 5.91 Å². The number of likely N-dealkylation sites (tertiary alicyclic amines) is 1. The molecule has 0 radical (unpaired) electrons. The number of carbonyl (C=O) groups is 1. The number of para-hydroxylation sites is 2. The molecule has 5 heteroatoms. The third-order valence-corrected chi connectivity index (χ3v) is 6.31. The van der Waals surface area contributed by atoms with Crippen LogP contribution in [-0.2, 0) is 4.79 Å². The smallest absolute Gasteiger partial charge is 0.224 e. The first-order chi connectivity index (χ1) is 16.2. The van der Waals surface area contributed by atoms with Crippen LogP contribution in [0.4, 0.5) is 17.1 Å². The molecule has 172 valence electrons. The molecule has 1 heterocycles. The van der Waals surface area contributed by atoms with Crippen molar-refractivity contribution in [2.24, 2.45) is 5.92 Å². The highest BCUT2D eigenvalue weighted by molar-refractivity contribution is 5.91. The largest absolute Gasteiger partial charge is 0.497 e. The van der Waals surface area contributed by atoms with Gasteiger partial charge in [-0.2, -0.15) is 0 Å². The molecule has 0 saturated carbocycles. The molecular formula is C28H33N3O2. The number of rotatable bonds is 9. The van der Waals surface area contributed by atoms with Gasteiger partial charge < -0.3 is 19.9 Å². The summed E-state index contributed by atoms with van der Waals surface area (Å²) in [5.41, 5.74) is 3.22. The maximum absolute atomic E-state index is 12.5. The van der Waals surface area contributed by atoms with E-state index in [9.17, 15) is 4.79 Å². The van der Waals surface area contributed by atoms with Crippen molar-refractivity contribution in [3.63, 3.8) is 0 Å². The number of piperidine rings is 1. The van der Waals surface area contributed by atoms with Crippen LogP contribution in [0.3, 0.4) is 0 Å². The summed E-state index contributed by atoms with van der Waals surface area (Å²) in [6.45, 7) is 4.02. The molecule has 0 bridgehead atoms. The molecule has 0 aliphatic carbocycles. The molecule has 1 amide bonds. The SMILES string of the molecule is COc1cccc(NC(=O)CC2CCN(CCN(c3ccccc3)c3ccccc3)CC2)c1. The van der Waals surface area contributed by atoms with E-state index in [2.05, 4.69) is 75.8 Å². The predicted octanol–water partition coefficient (Wildman–Crippen LogP) is 5.57. The molecule has 1 aliphatic rings. The molecule has 1 N–H and O–H groups in total. The number of methoxy groups -OCH3 is 1. The van der Waals surface area contributed by atoms with Gasteiger partial charge in [0.1, 0.15) is 5.75 Å². The van der Waals surface area contributed by atoms with Gasteiger partial charge in [-0.15, -0.1) is 0 Å². The van der Waals surface area contributed by atoms with Crippen molar-refractivity contribution >= 4 is 23.0 Å². The van der Waals surface area contributed by atoms with Crippen LogP contribution in [0.15, 0.2) is 84.9 Å². The summed E-state index contributed by atoms with van der Waals surface area (Å²) in [5.74, 6) is 1.27. The van der Waals surface area contributed by atoms with Gasteiger partial charge in [-0.05, 0) is 68.2 Å². The van der Waals surface area contributed by atoms with Gasteiger partial charge in [0.15, 0.2) is 0 Å². The number of hydrogen-bond donors (Lipinski definition) is 1. The summed E-state index contributed by atoms with van der Waals surface area (Å²) in [4.78, 5) is 17.4. The van der Waals surface area contributed by atoms with Crippen LogP contribution in [0.1, 0.15) is 19.3 Å². The van der Waals surface area contributed by atoms with Crippen LogP contribution in [0, 0.1) is 5.92 Å². The molecule has 4 rings (SSSR count). The van der Waals surface area contributed by atoms with E-state index in [1.807, 2.05) is 24.3 Å². The maximum Gasteiger partial charge on any atom is 0.224 e. The highest BCUT2D eigenvalue weighted by Gasteiger charge is 2.22. The molecule has 0 aromatic heterocycles. The second kappa shape index (κ2) is 11.5. The molecular weight excluding hydrogens is 410 g/mol. The summed E-state index contributed by atoms with van der Waals surface area (Å²) < 4.78 is 5.23. The third kappa shape index (κ3) is 6.59. The van der Waals surface area contributed by atoms with E-state index in [1.54, 1.807) is 7.11 Å². The van der Waals surface area contributed by atoms with Crippen molar-refractivity contribution in [3.8, 4) is 5.75 Å². The first kappa shape index (κ1) is 22.9. The number of nitrogens with one attached hydrogen (secondary N) is 1. The molecule has 0 atom stereocenters. The molecule has 33 heavy (non-hydrogen) atoms. The van der Waals surface area contributed by atoms with Gasteiger partial charge in [0.2, 0.25) is 5.91 Å². The second-order valence-electron chi connectivity index (χ2n) is 8.59.